The van der Waals surface area contributed by atoms with Crippen molar-refractivity contribution in [2.24, 2.45) is 9.98 Å². The van der Waals surface area contributed by atoms with Gasteiger partial charge in [-0.15, -0.1) is 0 Å². The van der Waals surface area contributed by atoms with E-state index >= 15 is 0 Å². The van der Waals surface area contributed by atoms with Gasteiger partial charge in [0.25, 0.3) is 0 Å². The fraction of sp³-hybridized carbons (Fsp3) is 0.333. The van der Waals surface area contributed by atoms with Gasteiger partial charge >= 0.3 is 0 Å². The van der Waals surface area contributed by atoms with Crippen molar-refractivity contribution in [1.29, 1.82) is 0 Å². The van der Waals surface area contributed by atoms with Crippen molar-refractivity contribution in [3.05, 3.63) is 24.4 Å². The highest BCUT2D eigenvalue weighted by molar-refractivity contribution is 6.08. The molecule has 0 aliphatic carbocycles. The summed E-state index contributed by atoms with van der Waals surface area (Å²) in [5.41, 5.74) is 1.83. The summed E-state index contributed by atoms with van der Waals surface area (Å²) in [4.78, 5) is 8.25. The molecule has 0 spiro atoms. The molecule has 2 heteroatoms. The Kier molecular flexibility index (Phi) is 2.78. The maximum atomic E-state index is 4.21. The smallest absolute Gasteiger partial charge is 0.0837 e. The Labute approximate surface area is 67.1 Å². The summed E-state index contributed by atoms with van der Waals surface area (Å²) in [5.74, 6) is 0. The average Bonchev–Trinajstić information content (AvgIpc) is 2.09. The highest BCUT2D eigenvalue weighted by Crippen LogP contribution is 2.08. The van der Waals surface area contributed by atoms with Crippen LogP contribution in [0.3, 0.4) is 0 Å². The third-order valence-electron chi connectivity index (χ3n) is 1.56. The van der Waals surface area contributed by atoms with Gasteiger partial charge in [-0.25, -0.2) is 0 Å². The average molecular weight is 148 g/mol. The molecule has 58 valence electrons. The maximum Gasteiger partial charge on any atom is 0.0837 e. The Bertz CT molecular complexity index is 234. The number of rotatable bonds is 2. The molecule has 0 bridgehead atoms. The Morgan fingerprint density at radius 2 is 2.55 bits per heavy atom. The van der Waals surface area contributed by atoms with Gasteiger partial charge < -0.3 is 0 Å². The first kappa shape index (κ1) is 7.92. The minimum atomic E-state index is 0.876. The van der Waals surface area contributed by atoms with E-state index in [1.807, 2.05) is 6.21 Å². The van der Waals surface area contributed by atoms with Gasteiger partial charge in [-0.1, -0.05) is 12.7 Å². The second-order valence-corrected chi connectivity index (χ2v) is 2.29. The van der Waals surface area contributed by atoms with Crippen LogP contribution < -0.4 is 0 Å². The monoisotopic (exact) mass is 148 g/mol. The van der Waals surface area contributed by atoms with E-state index in [2.05, 4.69) is 22.6 Å². The second kappa shape index (κ2) is 3.86. The first-order valence-electron chi connectivity index (χ1n) is 3.70. The zero-order valence-electron chi connectivity index (χ0n) is 6.75. The Morgan fingerprint density at radius 3 is 3.00 bits per heavy atom. The van der Waals surface area contributed by atoms with E-state index in [1.165, 1.54) is 0 Å². The van der Waals surface area contributed by atoms with Gasteiger partial charge in [0.2, 0.25) is 0 Å². The minimum absolute atomic E-state index is 0.876. The third kappa shape index (κ3) is 1.87. The second-order valence-electron chi connectivity index (χ2n) is 2.29. The lowest BCUT2D eigenvalue weighted by Gasteiger charge is -2.04. The molecule has 0 aromatic carbocycles. The van der Waals surface area contributed by atoms with Crippen LogP contribution in [0.1, 0.15) is 12.8 Å². The van der Waals surface area contributed by atoms with E-state index < -0.39 is 0 Å². The molecule has 0 atom stereocenters. The highest BCUT2D eigenvalue weighted by Gasteiger charge is 2.01. The molecule has 0 amide bonds. The molecule has 0 N–H and O–H groups in total. The van der Waals surface area contributed by atoms with Gasteiger partial charge in [0.1, 0.15) is 0 Å². The van der Waals surface area contributed by atoms with E-state index in [0.29, 0.717) is 0 Å². The van der Waals surface area contributed by atoms with Crippen LogP contribution >= 0.6 is 0 Å². The molecule has 1 aliphatic heterocycles. The van der Waals surface area contributed by atoms with Gasteiger partial charge in [0.05, 0.1) is 11.4 Å². The summed E-state index contributed by atoms with van der Waals surface area (Å²) in [6.07, 6.45) is 7.84. The van der Waals surface area contributed by atoms with Crippen LogP contribution in [0.2, 0.25) is 0 Å². The van der Waals surface area contributed by atoms with Crippen LogP contribution in [0.4, 0.5) is 0 Å². The molecule has 1 rings (SSSR count). The first-order chi connectivity index (χ1) is 5.38. The van der Waals surface area contributed by atoms with Gasteiger partial charge in [0.15, 0.2) is 0 Å². The van der Waals surface area contributed by atoms with E-state index in [-0.39, 0.29) is 0 Å². The van der Waals surface area contributed by atoms with E-state index in [0.717, 1.165) is 24.3 Å². The van der Waals surface area contributed by atoms with Crippen LogP contribution in [0.5, 0.6) is 0 Å². The Morgan fingerprint density at radius 1 is 1.73 bits per heavy atom. The summed E-state index contributed by atoms with van der Waals surface area (Å²) in [6.45, 7) is 3.66. The van der Waals surface area contributed by atoms with Gasteiger partial charge in [-0.05, 0) is 18.9 Å². The van der Waals surface area contributed by atoms with Crippen molar-refractivity contribution < 1.29 is 0 Å². The normalized spacial score (nSPS) is 17.9. The van der Waals surface area contributed by atoms with Crippen molar-refractivity contribution in [2.45, 2.75) is 12.8 Å². The standard InChI is InChI=1S/C9H12N2/c1-3-8(10-2)9-6-4-5-7-11-9/h3,6-7H,1,4-5H2,2H3. The number of aliphatic imine (C=N–C) groups is 2. The SMILES string of the molecule is C=CC(=NC)C1=CCCC=N1. The third-order valence-corrected chi connectivity index (χ3v) is 1.56. The molecule has 2 nitrogen and oxygen atoms in total. The molecule has 1 aliphatic rings. The van der Waals surface area contributed by atoms with Crippen molar-refractivity contribution in [2.75, 3.05) is 7.05 Å². The fourth-order valence-corrected chi connectivity index (χ4v) is 0.991. The van der Waals surface area contributed by atoms with E-state index in [1.54, 1.807) is 13.1 Å². The molecule has 0 fully saturated rings. The topological polar surface area (TPSA) is 24.7 Å². The number of hydrogen-bond acceptors (Lipinski definition) is 2. The van der Waals surface area contributed by atoms with Crippen LogP contribution in [0.15, 0.2) is 34.4 Å². The highest BCUT2D eigenvalue weighted by atomic mass is 14.8. The molecular weight excluding hydrogens is 136 g/mol. The lowest BCUT2D eigenvalue weighted by atomic mass is 10.1. The molecule has 0 unspecified atom stereocenters. The molecule has 11 heavy (non-hydrogen) atoms. The summed E-state index contributed by atoms with van der Waals surface area (Å²) in [5, 5.41) is 0. The van der Waals surface area contributed by atoms with Crippen molar-refractivity contribution in [1.82, 2.24) is 0 Å². The summed E-state index contributed by atoms with van der Waals surface area (Å²) < 4.78 is 0. The minimum Gasteiger partial charge on any atom is -0.286 e. The number of nitrogens with zero attached hydrogens (tertiary/aromatic N) is 2. The maximum absolute atomic E-state index is 4.21. The van der Waals surface area contributed by atoms with E-state index in [9.17, 15) is 0 Å². The zero-order valence-corrected chi connectivity index (χ0v) is 6.75. The van der Waals surface area contributed by atoms with Crippen molar-refractivity contribution in [3.63, 3.8) is 0 Å². The number of allylic oxidation sites excluding steroid dienone is 2. The number of hydrogen-bond donors (Lipinski definition) is 0. The molecule has 0 saturated heterocycles. The fourth-order valence-electron chi connectivity index (χ4n) is 0.991. The zero-order chi connectivity index (χ0) is 8.10. The summed E-state index contributed by atoms with van der Waals surface area (Å²) >= 11 is 0. The molecule has 0 radical (unpaired) electrons. The quantitative estimate of drug-likeness (QED) is 0.535. The summed E-state index contributed by atoms with van der Waals surface area (Å²) in [6, 6.07) is 0. The first-order valence-corrected chi connectivity index (χ1v) is 3.70. The molecule has 1 heterocycles. The summed E-state index contributed by atoms with van der Waals surface area (Å²) in [7, 11) is 1.75. The predicted molar refractivity (Wildman–Crippen MR) is 49.4 cm³/mol. The van der Waals surface area contributed by atoms with Gasteiger partial charge in [-0.2, -0.15) is 0 Å². The lowest BCUT2D eigenvalue weighted by molar-refractivity contribution is 1.07. The van der Waals surface area contributed by atoms with Gasteiger partial charge in [0, 0.05) is 13.3 Å². The Balaban J connectivity index is 2.80. The van der Waals surface area contributed by atoms with Gasteiger partial charge in [-0.3, -0.25) is 9.98 Å². The largest absolute Gasteiger partial charge is 0.286 e. The molecule has 0 saturated carbocycles. The Hall–Kier alpha value is -1.18. The predicted octanol–water partition coefficient (Wildman–Crippen LogP) is 1.99. The van der Waals surface area contributed by atoms with E-state index in [4.69, 9.17) is 0 Å². The molecule has 0 aromatic heterocycles. The van der Waals surface area contributed by atoms with Crippen LogP contribution in [-0.4, -0.2) is 19.0 Å². The van der Waals surface area contributed by atoms with Crippen LogP contribution in [0.25, 0.3) is 0 Å². The molecular formula is C9H12N2. The van der Waals surface area contributed by atoms with Crippen LogP contribution in [-0.2, 0) is 0 Å². The van der Waals surface area contributed by atoms with Crippen LogP contribution in [0, 0.1) is 0 Å². The van der Waals surface area contributed by atoms with Crippen molar-refractivity contribution >= 4 is 11.9 Å². The lowest BCUT2D eigenvalue weighted by Crippen LogP contribution is -1.99. The molecule has 0 aromatic rings. The van der Waals surface area contributed by atoms with Crippen molar-refractivity contribution in [3.8, 4) is 0 Å².